The molecule has 106 valence electrons. The summed E-state index contributed by atoms with van der Waals surface area (Å²) in [4.78, 5) is 23.2. The molecule has 2 unspecified atom stereocenters. The second kappa shape index (κ2) is 7.36. The molecule has 0 radical (unpaired) electrons. The molecule has 0 aliphatic rings. The first-order valence-corrected chi connectivity index (χ1v) is 6.29. The number of carboxylic acids is 1. The second-order valence-corrected chi connectivity index (χ2v) is 5.18. The van der Waals surface area contributed by atoms with Crippen LogP contribution >= 0.6 is 0 Å². The van der Waals surface area contributed by atoms with Crippen molar-refractivity contribution in [1.29, 1.82) is 0 Å². The number of methoxy groups -OCH3 is 1. The van der Waals surface area contributed by atoms with Gasteiger partial charge in [-0.3, -0.25) is 9.59 Å². The highest BCUT2D eigenvalue weighted by Crippen LogP contribution is 2.31. The topological polar surface area (TPSA) is 75.6 Å². The zero-order valence-electron chi connectivity index (χ0n) is 11.9. The van der Waals surface area contributed by atoms with Crippen LogP contribution in [-0.4, -0.2) is 36.7 Å². The Labute approximate surface area is 109 Å². The molecule has 18 heavy (non-hydrogen) atoms. The van der Waals surface area contributed by atoms with Gasteiger partial charge in [-0.1, -0.05) is 20.8 Å². The number of amides is 1. The third-order valence-corrected chi connectivity index (χ3v) is 3.52. The molecule has 0 aliphatic carbocycles. The lowest BCUT2D eigenvalue weighted by molar-refractivity contribution is -0.153. The Kier molecular flexibility index (Phi) is 6.91. The van der Waals surface area contributed by atoms with Crippen LogP contribution in [0, 0.1) is 11.3 Å². The molecule has 2 N–H and O–H groups in total. The number of hydrogen-bond donors (Lipinski definition) is 2. The van der Waals surface area contributed by atoms with Crippen molar-refractivity contribution in [3.05, 3.63) is 0 Å². The van der Waals surface area contributed by atoms with E-state index in [2.05, 4.69) is 5.32 Å². The van der Waals surface area contributed by atoms with Crippen molar-refractivity contribution in [2.75, 3.05) is 13.7 Å². The number of nitrogens with one attached hydrogen (secondary N) is 1. The molecule has 0 bridgehead atoms. The van der Waals surface area contributed by atoms with Crippen LogP contribution in [0.15, 0.2) is 0 Å². The number of aliphatic carboxylic acids is 1. The van der Waals surface area contributed by atoms with Crippen molar-refractivity contribution in [3.63, 3.8) is 0 Å². The molecular formula is C13H25NO4. The van der Waals surface area contributed by atoms with Gasteiger partial charge in [0.05, 0.1) is 18.1 Å². The van der Waals surface area contributed by atoms with Gasteiger partial charge < -0.3 is 15.2 Å². The van der Waals surface area contributed by atoms with Crippen molar-refractivity contribution < 1.29 is 19.4 Å². The first-order valence-electron chi connectivity index (χ1n) is 6.29. The highest BCUT2D eigenvalue weighted by Gasteiger charge is 2.38. The Hall–Kier alpha value is -1.10. The summed E-state index contributed by atoms with van der Waals surface area (Å²) in [6, 6.07) is -0.0623. The smallest absolute Gasteiger partial charge is 0.310 e. The van der Waals surface area contributed by atoms with Gasteiger partial charge in [0.25, 0.3) is 0 Å². The van der Waals surface area contributed by atoms with Crippen molar-refractivity contribution in [3.8, 4) is 0 Å². The maximum absolute atomic E-state index is 11.9. The monoisotopic (exact) mass is 259 g/mol. The standard InChI is InChI=1S/C13H25NO4/c1-6-10(8-18-5)14-11(15)7-13(4,9(2)3)12(16)17/h9-10H,6-8H2,1-5H3,(H,14,15)(H,16,17). The number of carbonyl (C=O) groups is 2. The summed E-state index contributed by atoms with van der Waals surface area (Å²) in [5.74, 6) is -1.28. The van der Waals surface area contributed by atoms with Crippen molar-refractivity contribution >= 4 is 11.9 Å². The van der Waals surface area contributed by atoms with Crippen LogP contribution in [-0.2, 0) is 14.3 Å². The van der Waals surface area contributed by atoms with Gasteiger partial charge in [0.1, 0.15) is 0 Å². The van der Waals surface area contributed by atoms with Crippen LogP contribution in [0.3, 0.4) is 0 Å². The predicted molar refractivity (Wildman–Crippen MR) is 69.3 cm³/mol. The largest absolute Gasteiger partial charge is 0.481 e. The highest BCUT2D eigenvalue weighted by molar-refractivity contribution is 5.85. The van der Waals surface area contributed by atoms with E-state index in [-0.39, 0.29) is 24.3 Å². The minimum absolute atomic E-state index is 0.0137. The van der Waals surface area contributed by atoms with Gasteiger partial charge in [-0.2, -0.15) is 0 Å². The fourth-order valence-electron chi connectivity index (χ4n) is 1.60. The summed E-state index contributed by atoms with van der Waals surface area (Å²) in [6.07, 6.45) is 0.741. The van der Waals surface area contributed by atoms with E-state index in [1.165, 1.54) is 0 Å². The number of hydrogen-bond acceptors (Lipinski definition) is 3. The SMILES string of the molecule is CCC(COC)NC(=O)CC(C)(C(=O)O)C(C)C. The predicted octanol–water partition coefficient (Wildman–Crippen LogP) is 1.66. The Morgan fingerprint density at radius 1 is 1.39 bits per heavy atom. The molecule has 5 heteroatoms. The Morgan fingerprint density at radius 2 is 1.94 bits per heavy atom. The molecule has 2 atom stereocenters. The van der Waals surface area contributed by atoms with E-state index in [1.54, 1.807) is 14.0 Å². The molecule has 0 aromatic heterocycles. The van der Waals surface area contributed by atoms with Gasteiger partial charge >= 0.3 is 5.97 Å². The summed E-state index contributed by atoms with van der Waals surface area (Å²) in [7, 11) is 1.57. The zero-order chi connectivity index (χ0) is 14.3. The first kappa shape index (κ1) is 16.9. The molecule has 0 aromatic rings. The van der Waals surface area contributed by atoms with E-state index < -0.39 is 11.4 Å². The van der Waals surface area contributed by atoms with Crippen LogP contribution in [0.4, 0.5) is 0 Å². The molecule has 0 fully saturated rings. The van der Waals surface area contributed by atoms with Crippen molar-refractivity contribution in [2.24, 2.45) is 11.3 Å². The maximum atomic E-state index is 11.9. The van der Waals surface area contributed by atoms with Crippen LogP contribution in [0.5, 0.6) is 0 Å². The minimum Gasteiger partial charge on any atom is -0.481 e. The van der Waals surface area contributed by atoms with E-state index in [0.29, 0.717) is 6.61 Å². The van der Waals surface area contributed by atoms with Gasteiger partial charge in [0.15, 0.2) is 0 Å². The van der Waals surface area contributed by atoms with Crippen molar-refractivity contribution in [2.45, 2.75) is 46.6 Å². The average molecular weight is 259 g/mol. The maximum Gasteiger partial charge on any atom is 0.310 e. The normalized spacial score (nSPS) is 16.1. The molecule has 0 heterocycles. The Bertz CT molecular complexity index is 291. The number of rotatable bonds is 8. The fraction of sp³-hybridized carbons (Fsp3) is 0.846. The lowest BCUT2D eigenvalue weighted by Crippen LogP contribution is -2.43. The molecule has 0 aromatic carbocycles. The van der Waals surface area contributed by atoms with Crippen LogP contribution < -0.4 is 5.32 Å². The third kappa shape index (κ3) is 4.64. The Balaban J connectivity index is 4.57. The Morgan fingerprint density at radius 3 is 2.28 bits per heavy atom. The summed E-state index contributed by atoms with van der Waals surface area (Å²) < 4.78 is 4.99. The number of carbonyl (C=O) groups excluding carboxylic acids is 1. The lowest BCUT2D eigenvalue weighted by Gasteiger charge is -2.29. The van der Waals surface area contributed by atoms with Gasteiger partial charge in [0, 0.05) is 13.5 Å². The highest BCUT2D eigenvalue weighted by atomic mass is 16.5. The van der Waals surface area contributed by atoms with Crippen molar-refractivity contribution in [1.82, 2.24) is 5.32 Å². The molecule has 0 rings (SSSR count). The van der Waals surface area contributed by atoms with Gasteiger partial charge in [-0.15, -0.1) is 0 Å². The molecule has 5 nitrogen and oxygen atoms in total. The quantitative estimate of drug-likeness (QED) is 0.695. The number of ether oxygens (including phenoxy) is 1. The van der Waals surface area contributed by atoms with Crippen LogP contribution in [0.2, 0.25) is 0 Å². The molecular weight excluding hydrogens is 234 g/mol. The zero-order valence-corrected chi connectivity index (χ0v) is 11.9. The molecule has 0 spiro atoms. The molecule has 0 aliphatic heterocycles. The third-order valence-electron chi connectivity index (χ3n) is 3.52. The second-order valence-electron chi connectivity index (χ2n) is 5.18. The van der Waals surface area contributed by atoms with Gasteiger partial charge in [-0.25, -0.2) is 0 Å². The van der Waals surface area contributed by atoms with E-state index in [0.717, 1.165) is 6.42 Å². The van der Waals surface area contributed by atoms with E-state index in [9.17, 15) is 14.7 Å². The molecule has 1 amide bonds. The lowest BCUT2D eigenvalue weighted by atomic mass is 9.76. The van der Waals surface area contributed by atoms with Crippen LogP contribution in [0.1, 0.15) is 40.5 Å². The fourth-order valence-corrected chi connectivity index (χ4v) is 1.60. The molecule has 0 saturated carbocycles. The minimum atomic E-state index is -1.03. The van der Waals surface area contributed by atoms with E-state index in [4.69, 9.17) is 4.74 Å². The van der Waals surface area contributed by atoms with Gasteiger partial charge in [0.2, 0.25) is 5.91 Å². The van der Waals surface area contributed by atoms with Crippen LogP contribution in [0.25, 0.3) is 0 Å². The summed E-state index contributed by atoms with van der Waals surface area (Å²) in [5, 5.41) is 12.0. The van der Waals surface area contributed by atoms with E-state index in [1.807, 2.05) is 20.8 Å². The first-order chi connectivity index (χ1) is 8.27. The summed E-state index contributed by atoms with van der Waals surface area (Å²) in [5.41, 5.74) is -1.03. The average Bonchev–Trinajstić information content (AvgIpc) is 2.27. The van der Waals surface area contributed by atoms with E-state index >= 15 is 0 Å². The summed E-state index contributed by atoms with van der Waals surface area (Å²) in [6.45, 7) is 7.62. The number of carboxylic acid groups (broad SMARTS) is 1. The van der Waals surface area contributed by atoms with Gasteiger partial charge in [-0.05, 0) is 19.3 Å². The summed E-state index contributed by atoms with van der Waals surface area (Å²) >= 11 is 0. The molecule has 0 saturated heterocycles.